The standard InChI is InChI=1S/C16H21FN2O2/c1-11(10-13-4-2-3-5-14(13)17)16(21)19-8-6-12(7-9-19)15(18)20/h2-5,11-12H,6-10H2,1H3,(H2,18,20). The zero-order valence-electron chi connectivity index (χ0n) is 12.2. The Bertz CT molecular complexity index is 525. The summed E-state index contributed by atoms with van der Waals surface area (Å²) in [6.07, 6.45) is 1.63. The molecule has 1 aromatic carbocycles. The van der Waals surface area contributed by atoms with Gasteiger partial charge in [0.05, 0.1) is 0 Å². The number of piperidine rings is 1. The number of carbonyl (C=O) groups excluding carboxylic acids is 2. The van der Waals surface area contributed by atoms with E-state index in [9.17, 15) is 14.0 Å². The SMILES string of the molecule is CC(Cc1ccccc1F)C(=O)N1CCC(C(N)=O)CC1. The summed E-state index contributed by atoms with van der Waals surface area (Å²) >= 11 is 0. The number of amides is 2. The molecule has 0 aromatic heterocycles. The number of halogens is 1. The third kappa shape index (κ3) is 3.80. The lowest BCUT2D eigenvalue weighted by atomic mass is 9.94. The summed E-state index contributed by atoms with van der Waals surface area (Å²) < 4.78 is 13.6. The fraction of sp³-hybridized carbons (Fsp3) is 0.500. The Morgan fingerprint density at radius 2 is 1.95 bits per heavy atom. The molecule has 2 amide bonds. The van der Waals surface area contributed by atoms with Crippen LogP contribution in [-0.4, -0.2) is 29.8 Å². The molecule has 1 aliphatic rings. The summed E-state index contributed by atoms with van der Waals surface area (Å²) in [6.45, 7) is 2.91. The van der Waals surface area contributed by atoms with Crippen LogP contribution in [0.5, 0.6) is 0 Å². The van der Waals surface area contributed by atoms with E-state index in [0.717, 1.165) is 0 Å². The van der Waals surface area contributed by atoms with Crippen molar-refractivity contribution in [2.45, 2.75) is 26.2 Å². The summed E-state index contributed by atoms with van der Waals surface area (Å²) in [4.78, 5) is 25.3. The van der Waals surface area contributed by atoms with Crippen molar-refractivity contribution < 1.29 is 14.0 Å². The number of nitrogens with two attached hydrogens (primary N) is 1. The normalized spacial score (nSPS) is 17.5. The first-order valence-electron chi connectivity index (χ1n) is 7.30. The van der Waals surface area contributed by atoms with E-state index in [-0.39, 0.29) is 29.5 Å². The Kier molecular flexibility index (Phi) is 4.94. The maximum Gasteiger partial charge on any atom is 0.225 e. The zero-order chi connectivity index (χ0) is 15.4. The Hall–Kier alpha value is -1.91. The third-order valence-electron chi connectivity index (χ3n) is 4.11. The number of nitrogens with zero attached hydrogens (tertiary/aromatic N) is 1. The molecule has 2 N–H and O–H groups in total. The first-order chi connectivity index (χ1) is 9.99. The van der Waals surface area contributed by atoms with Gasteiger partial charge in [0, 0.05) is 24.9 Å². The lowest BCUT2D eigenvalue weighted by Gasteiger charge is -2.32. The molecule has 1 aliphatic heterocycles. The van der Waals surface area contributed by atoms with E-state index in [4.69, 9.17) is 5.73 Å². The Balaban J connectivity index is 1.92. The van der Waals surface area contributed by atoms with E-state index in [1.54, 1.807) is 23.1 Å². The van der Waals surface area contributed by atoms with Crippen LogP contribution in [0.1, 0.15) is 25.3 Å². The number of likely N-dealkylation sites (tertiary alicyclic amines) is 1. The van der Waals surface area contributed by atoms with E-state index in [1.165, 1.54) is 6.07 Å². The summed E-state index contributed by atoms with van der Waals surface area (Å²) in [5.41, 5.74) is 5.84. The van der Waals surface area contributed by atoms with Crippen molar-refractivity contribution in [2.75, 3.05) is 13.1 Å². The highest BCUT2D eigenvalue weighted by molar-refractivity contribution is 5.80. The van der Waals surface area contributed by atoms with Gasteiger partial charge >= 0.3 is 0 Å². The van der Waals surface area contributed by atoms with Crippen LogP contribution >= 0.6 is 0 Å². The van der Waals surface area contributed by atoms with E-state index in [1.807, 2.05) is 6.92 Å². The second-order valence-electron chi connectivity index (χ2n) is 5.70. The molecule has 1 heterocycles. The van der Waals surface area contributed by atoms with Gasteiger partial charge in [-0.2, -0.15) is 0 Å². The minimum Gasteiger partial charge on any atom is -0.369 e. The van der Waals surface area contributed by atoms with Crippen molar-refractivity contribution in [1.82, 2.24) is 4.90 Å². The Morgan fingerprint density at radius 1 is 1.33 bits per heavy atom. The highest BCUT2D eigenvalue weighted by Crippen LogP contribution is 2.20. The van der Waals surface area contributed by atoms with Gasteiger partial charge in [0.2, 0.25) is 11.8 Å². The summed E-state index contributed by atoms with van der Waals surface area (Å²) in [6, 6.07) is 6.53. The van der Waals surface area contributed by atoms with Crippen molar-refractivity contribution in [3.05, 3.63) is 35.6 Å². The van der Waals surface area contributed by atoms with Gasteiger partial charge in [-0.05, 0) is 30.9 Å². The number of benzene rings is 1. The molecular weight excluding hydrogens is 271 g/mol. The van der Waals surface area contributed by atoms with Crippen LogP contribution in [0.4, 0.5) is 4.39 Å². The average Bonchev–Trinajstić information content (AvgIpc) is 2.49. The minimum atomic E-state index is -0.290. The van der Waals surface area contributed by atoms with Crippen LogP contribution in [0.15, 0.2) is 24.3 Å². The number of rotatable bonds is 4. The molecular formula is C16H21FN2O2. The van der Waals surface area contributed by atoms with Crippen molar-refractivity contribution in [2.24, 2.45) is 17.6 Å². The first kappa shape index (κ1) is 15.5. The quantitative estimate of drug-likeness (QED) is 0.918. The predicted molar refractivity (Wildman–Crippen MR) is 77.8 cm³/mol. The smallest absolute Gasteiger partial charge is 0.225 e. The maximum atomic E-state index is 13.6. The van der Waals surface area contributed by atoms with Crippen LogP contribution in [0.3, 0.4) is 0 Å². The number of primary amides is 1. The van der Waals surface area contributed by atoms with Crippen LogP contribution < -0.4 is 5.73 Å². The van der Waals surface area contributed by atoms with Crippen molar-refractivity contribution >= 4 is 11.8 Å². The minimum absolute atomic E-state index is 0.0150. The fourth-order valence-corrected chi connectivity index (χ4v) is 2.78. The third-order valence-corrected chi connectivity index (χ3v) is 4.11. The molecule has 0 saturated carbocycles. The molecule has 1 aromatic rings. The molecule has 1 unspecified atom stereocenters. The van der Waals surface area contributed by atoms with Crippen LogP contribution in [0.25, 0.3) is 0 Å². The zero-order valence-corrected chi connectivity index (χ0v) is 12.2. The average molecular weight is 292 g/mol. The lowest BCUT2D eigenvalue weighted by molar-refractivity contribution is -0.138. The van der Waals surface area contributed by atoms with E-state index < -0.39 is 0 Å². The number of carbonyl (C=O) groups is 2. The molecule has 0 aliphatic carbocycles. The van der Waals surface area contributed by atoms with Crippen LogP contribution in [-0.2, 0) is 16.0 Å². The second kappa shape index (κ2) is 6.70. The molecule has 2 rings (SSSR count). The Labute approximate surface area is 124 Å². The van der Waals surface area contributed by atoms with Gasteiger partial charge in [-0.25, -0.2) is 4.39 Å². The monoisotopic (exact) mass is 292 g/mol. The van der Waals surface area contributed by atoms with Crippen molar-refractivity contribution in [3.63, 3.8) is 0 Å². The summed E-state index contributed by atoms with van der Waals surface area (Å²) in [5, 5.41) is 0. The fourth-order valence-electron chi connectivity index (χ4n) is 2.78. The van der Waals surface area contributed by atoms with E-state index in [2.05, 4.69) is 0 Å². The van der Waals surface area contributed by atoms with Gasteiger partial charge in [-0.3, -0.25) is 9.59 Å². The Morgan fingerprint density at radius 3 is 2.52 bits per heavy atom. The number of hydrogen-bond acceptors (Lipinski definition) is 2. The lowest BCUT2D eigenvalue weighted by Crippen LogP contribution is -2.44. The molecule has 21 heavy (non-hydrogen) atoms. The van der Waals surface area contributed by atoms with Gasteiger partial charge in [-0.15, -0.1) is 0 Å². The second-order valence-corrected chi connectivity index (χ2v) is 5.70. The van der Waals surface area contributed by atoms with E-state index in [0.29, 0.717) is 37.9 Å². The van der Waals surface area contributed by atoms with E-state index >= 15 is 0 Å². The summed E-state index contributed by atoms with van der Waals surface area (Å²) in [7, 11) is 0. The molecule has 1 fully saturated rings. The maximum absolute atomic E-state index is 13.6. The number of hydrogen-bond donors (Lipinski definition) is 1. The highest BCUT2D eigenvalue weighted by atomic mass is 19.1. The summed E-state index contributed by atoms with van der Waals surface area (Å²) in [5.74, 6) is -0.949. The van der Waals surface area contributed by atoms with Crippen LogP contribution in [0.2, 0.25) is 0 Å². The topological polar surface area (TPSA) is 63.4 Å². The van der Waals surface area contributed by atoms with Crippen LogP contribution in [0, 0.1) is 17.7 Å². The molecule has 0 spiro atoms. The molecule has 1 atom stereocenters. The van der Waals surface area contributed by atoms with Gasteiger partial charge in [0.25, 0.3) is 0 Å². The van der Waals surface area contributed by atoms with Crippen molar-refractivity contribution in [3.8, 4) is 0 Å². The molecule has 0 bridgehead atoms. The van der Waals surface area contributed by atoms with Gasteiger partial charge < -0.3 is 10.6 Å². The highest BCUT2D eigenvalue weighted by Gasteiger charge is 2.28. The van der Waals surface area contributed by atoms with Crippen molar-refractivity contribution in [1.29, 1.82) is 0 Å². The van der Waals surface area contributed by atoms with Gasteiger partial charge in [-0.1, -0.05) is 25.1 Å². The predicted octanol–water partition coefficient (Wildman–Crippen LogP) is 1.73. The largest absolute Gasteiger partial charge is 0.369 e. The molecule has 1 saturated heterocycles. The van der Waals surface area contributed by atoms with Gasteiger partial charge in [0.15, 0.2) is 0 Å². The first-order valence-corrected chi connectivity index (χ1v) is 7.30. The van der Waals surface area contributed by atoms with Gasteiger partial charge in [0.1, 0.15) is 5.82 Å². The molecule has 4 nitrogen and oxygen atoms in total. The molecule has 0 radical (unpaired) electrons. The molecule has 114 valence electrons. The molecule has 5 heteroatoms.